The van der Waals surface area contributed by atoms with Gasteiger partial charge in [-0.05, 0) is 43.9 Å². The van der Waals surface area contributed by atoms with Gasteiger partial charge in [0.25, 0.3) is 0 Å². The van der Waals surface area contributed by atoms with Gasteiger partial charge < -0.3 is 15.3 Å². The maximum Gasteiger partial charge on any atom is 0.317 e. The highest BCUT2D eigenvalue weighted by Crippen LogP contribution is 2.37. The molecule has 21 heavy (non-hydrogen) atoms. The van der Waals surface area contributed by atoms with Gasteiger partial charge in [0, 0.05) is 19.1 Å². The first kappa shape index (κ1) is 16.1. The fourth-order valence-electron chi connectivity index (χ4n) is 3.75. The van der Waals surface area contributed by atoms with E-state index in [1.54, 1.807) is 0 Å². The van der Waals surface area contributed by atoms with Crippen molar-refractivity contribution in [3.05, 3.63) is 0 Å². The number of hydrogen-bond acceptors (Lipinski definition) is 2. The molecule has 1 aliphatic carbocycles. The number of nitrogens with zero attached hydrogens (tertiary/aromatic N) is 1. The average Bonchev–Trinajstić information content (AvgIpc) is 2.93. The molecule has 5 heteroatoms. The van der Waals surface area contributed by atoms with Gasteiger partial charge in [-0.3, -0.25) is 4.79 Å². The van der Waals surface area contributed by atoms with Crippen LogP contribution in [0.5, 0.6) is 0 Å². The van der Waals surface area contributed by atoms with Gasteiger partial charge in [0.1, 0.15) is 0 Å². The van der Waals surface area contributed by atoms with Gasteiger partial charge in [-0.1, -0.05) is 20.3 Å². The fourth-order valence-corrected chi connectivity index (χ4v) is 3.75. The van der Waals surface area contributed by atoms with E-state index >= 15 is 0 Å². The van der Waals surface area contributed by atoms with Crippen LogP contribution in [0, 0.1) is 11.3 Å². The number of urea groups is 1. The lowest BCUT2D eigenvalue weighted by molar-refractivity contribution is -0.143. The molecule has 2 N–H and O–H groups in total. The minimum atomic E-state index is -0.730. The lowest BCUT2D eigenvalue weighted by Gasteiger charge is -2.30. The number of nitrogens with one attached hydrogen (secondary N) is 1. The summed E-state index contributed by atoms with van der Waals surface area (Å²) in [6, 6.07) is 0.0143. The van der Waals surface area contributed by atoms with E-state index in [4.69, 9.17) is 5.11 Å². The topological polar surface area (TPSA) is 69.6 Å². The smallest absolute Gasteiger partial charge is 0.317 e. The number of hydrogen-bond donors (Lipinski definition) is 2. The summed E-state index contributed by atoms with van der Waals surface area (Å²) in [4.78, 5) is 25.4. The van der Waals surface area contributed by atoms with Crippen LogP contribution in [0.2, 0.25) is 0 Å². The standard InChI is InChI=1S/C16H28N2O3/c1-3-16(4-2)8-9-18(11-16)15(21)17-13-7-5-6-12(10-13)14(19)20/h12-13H,3-11H2,1-2H3,(H,17,21)(H,19,20). The Hall–Kier alpha value is -1.26. The highest BCUT2D eigenvalue weighted by molar-refractivity contribution is 5.75. The molecule has 2 fully saturated rings. The lowest BCUT2D eigenvalue weighted by Crippen LogP contribution is -2.46. The molecule has 1 aliphatic heterocycles. The maximum atomic E-state index is 12.4. The summed E-state index contributed by atoms with van der Waals surface area (Å²) in [5.74, 6) is -1.03. The van der Waals surface area contributed by atoms with E-state index in [1.807, 2.05) is 4.90 Å². The number of rotatable bonds is 4. The summed E-state index contributed by atoms with van der Waals surface area (Å²) in [7, 11) is 0. The Kier molecular flexibility index (Phi) is 5.12. The highest BCUT2D eigenvalue weighted by atomic mass is 16.4. The Bertz CT molecular complexity index is 393. The first-order valence-electron chi connectivity index (χ1n) is 8.28. The van der Waals surface area contributed by atoms with Gasteiger partial charge in [-0.15, -0.1) is 0 Å². The third kappa shape index (κ3) is 3.69. The number of carboxylic acids is 1. The van der Waals surface area contributed by atoms with E-state index < -0.39 is 5.97 Å². The Morgan fingerprint density at radius 2 is 2.00 bits per heavy atom. The van der Waals surface area contributed by atoms with Gasteiger partial charge in [-0.25, -0.2) is 4.79 Å². The van der Waals surface area contributed by atoms with E-state index in [0.717, 1.165) is 51.6 Å². The van der Waals surface area contributed by atoms with Crippen LogP contribution < -0.4 is 5.32 Å². The molecule has 1 saturated heterocycles. The predicted molar refractivity (Wildman–Crippen MR) is 81.1 cm³/mol. The number of carbonyl (C=O) groups excluding carboxylic acids is 1. The summed E-state index contributed by atoms with van der Waals surface area (Å²) in [5, 5.41) is 12.2. The molecule has 0 bridgehead atoms. The molecule has 2 amide bonds. The average molecular weight is 296 g/mol. The van der Waals surface area contributed by atoms with E-state index in [2.05, 4.69) is 19.2 Å². The maximum absolute atomic E-state index is 12.4. The zero-order chi connectivity index (χ0) is 15.5. The Morgan fingerprint density at radius 3 is 2.57 bits per heavy atom. The molecule has 0 aromatic heterocycles. The SMILES string of the molecule is CCC1(CC)CCN(C(=O)NC2CCCC(C(=O)O)C2)C1. The zero-order valence-corrected chi connectivity index (χ0v) is 13.2. The number of amides is 2. The second-order valence-corrected chi connectivity index (χ2v) is 6.73. The quantitative estimate of drug-likeness (QED) is 0.838. The second kappa shape index (κ2) is 6.67. The number of likely N-dealkylation sites (tertiary alicyclic amines) is 1. The van der Waals surface area contributed by atoms with Crippen molar-refractivity contribution < 1.29 is 14.7 Å². The molecule has 2 unspecified atom stereocenters. The first-order chi connectivity index (χ1) is 9.99. The molecule has 0 spiro atoms. The fraction of sp³-hybridized carbons (Fsp3) is 0.875. The third-order valence-corrected chi connectivity index (χ3v) is 5.58. The second-order valence-electron chi connectivity index (χ2n) is 6.73. The lowest BCUT2D eigenvalue weighted by atomic mass is 9.82. The normalized spacial score (nSPS) is 28.4. The molecule has 2 atom stereocenters. The third-order valence-electron chi connectivity index (χ3n) is 5.58. The molecule has 120 valence electrons. The summed E-state index contributed by atoms with van der Waals surface area (Å²) in [6.45, 7) is 6.05. The number of carbonyl (C=O) groups is 2. The van der Waals surface area contributed by atoms with Crippen molar-refractivity contribution in [1.82, 2.24) is 10.2 Å². The van der Waals surface area contributed by atoms with Gasteiger partial charge in [-0.2, -0.15) is 0 Å². The molecule has 2 rings (SSSR count). The van der Waals surface area contributed by atoms with Crippen molar-refractivity contribution in [3.63, 3.8) is 0 Å². The molecule has 0 radical (unpaired) electrons. The molecule has 1 heterocycles. The Labute approximate surface area is 127 Å². The van der Waals surface area contributed by atoms with Crippen molar-refractivity contribution in [2.24, 2.45) is 11.3 Å². The van der Waals surface area contributed by atoms with Crippen LogP contribution in [-0.4, -0.2) is 41.1 Å². The van der Waals surface area contributed by atoms with E-state index in [0.29, 0.717) is 6.42 Å². The first-order valence-corrected chi connectivity index (χ1v) is 8.28. The van der Waals surface area contributed by atoms with Crippen LogP contribution in [0.15, 0.2) is 0 Å². The zero-order valence-electron chi connectivity index (χ0n) is 13.2. The van der Waals surface area contributed by atoms with Crippen molar-refractivity contribution in [3.8, 4) is 0 Å². The summed E-state index contributed by atoms with van der Waals surface area (Å²) >= 11 is 0. The van der Waals surface area contributed by atoms with E-state index in [1.165, 1.54) is 0 Å². The Morgan fingerprint density at radius 1 is 1.29 bits per heavy atom. The molecule has 1 saturated carbocycles. The van der Waals surface area contributed by atoms with Crippen LogP contribution in [-0.2, 0) is 4.79 Å². The predicted octanol–water partition coefficient (Wildman–Crippen LogP) is 2.85. The van der Waals surface area contributed by atoms with Gasteiger partial charge in [0.05, 0.1) is 5.92 Å². The van der Waals surface area contributed by atoms with Crippen molar-refractivity contribution in [1.29, 1.82) is 0 Å². The van der Waals surface area contributed by atoms with Crippen LogP contribution in [0.1, 0.15) is 58.8 Å². The van der Waals surface area contributed by atoms with E-state index in [9.17, 15) is 9.59 Å². The Balaban J connectivity index is 1.86. The van der Waals surface area contributed by atoms with Crippen LogP contribution >= 0.6 is 0 Å². The van der Waals surface area contributed by atoms with Crippen LogP contribution in [0.25, 0.3) is 0 Å². The van der Waals surface area contributed by atoms with Crippen LogP contribution in [0.4, 0.5) is 4.79 Å². The highest BCUT2D eigenvalue weighted by Gasteiger charge is 2.38. The summed E-state index contributed by atoms with van der Waals surface area (Å²) in [6.07, 6.45) is 6.39. The molecular formula is C16H28N2O3. The largest absolute Gasteiger partial charge is 0.481 e. The molecule has 0 aromatic rings. The van der Waals surface area contributed by atoms with Crippen LogP contribution in [0.3, 0.4) is 0 Å². The minimum Gasteiger partial charge on any atom is -0.481 e. The van der Waals surface area contributed by atoms with Gasteiger partial charge in [0.2, 0.25) is 0 Å². The molecular weight excluding hydrogens is 268 g/mol. The van der Waals surface area contributed by atoms with Crippen molar-refractivity contribution >= 4 is 12.0 Å². The van der Waals surface area contributed by atoms with Gasteiger partial charge in [0.15, 0.2) is 0 Å². The summed E-state index contributed by atoms with van der Waals surface area (Å²) < 4.78 is 0. The van der Waals surface area contributed by atoms with Gasteiger partial charge >= 0.3 is 12.0 Å². The number of aliphatic carboxylic acids is 1. The molecule has 2 aliphatic rings. The van der Waals surface area contributed by atoms with Crippen molar-refractivity contribution in [2.75, 3.05) is 13.1 Å². The van der Waals surface area contributed by atoms with Crippen molar-refractivity contribution in [2.45, 2.75) is 64.8 Å². The summed E-state index contributed by atoms with van der Waals surface area (Å²) in [5.41, 5.74) is 0.285. The monoisotopic (exact) mass is 296 g/mol. The minimum absolute atomic E-state index is 0.00480. The van der Waals surface area contributed by atoms with E-state index in [-0.39, 0.29) is 23.4 Å². The molecule has 0 aromatic carbocycles. The molecule has 5 nitrogen and oxygen atoms in total. The number of carboxylic acid groups (broad SMARTS) is 1.